The third kappa shape index (κ3) is 3.35. The van der Waals surface area contributed by atoms with E-state index in [2.05, 4.69) is 4.90 Å². The number of likely N-dealkylation sites (tertiary alicyclic amines) is 1. The number of nitrogens with zero attached hydrogens (tertiary/aromatic N) is 2. The molecule has 6 nitrogen and oxygen atoms in total. The molecule has 2 saturated heterocycles. The average molecular weight is 348 g/mol. The minimum absolute atomic E-state index is 0.0299. The van der Waals surface area contributed by atoms with Gasteiger partial charge in [-0.25, -0.2) is 0 Å². The zero-order valence-corrected chi connectivity index (χ0v) is 15.1. The summed E-state index contributed by atoms with van der Waals surface area (Å²) in [5.41, 5.74) is 1.05. The molecule has 1 amide bonds. The number of β-amino-alcohol motifs (C(OH)–C–C–N with tert-alkyl or cyclic N) is 1. The number of carbonyl (C=O) groups is 1. The van der Waals surface area contributed by atoms with E-state index in [1.54, 1.807) is 0 Å². The number of aryl methyl sites for hydroxylation is 2. The largest absolute Gasteiger partial charge is 0.465 e. The smallest absolute Gasteiger partial charge is 0.257 e. The first-order valence-electron chi connectivity index (χ1n) is 9.49. The molecule has 0 radical (unpaired) electrons. The van der Waals surface area contributed by atoms with Crippen LogP contribution in [0, 0.1) is 6.92 Å². The van der Waals surface area contributed by atoms with E-state index in [1.165, 1.54) is 0 Å². The second-order valence-electron chi connectivity index (χ2n) is 7.73. The second-order valence-corrected chi connectivity index (χ2v) is 7.73. The van der Waals surface area contributed by atoms with Gasteiger partial charge in [0.1, 0.15) is 11.5 Å². The summed E-state index contributed by atoms with van der Waals surface area (Å²) in [6.45, 7) is 6.67. The fraction of sp³-hybridized carbons (Fsp3) is 0.737. The zero-order valence-electron chi connectivity index (χ0n) is 15.1. The van der Waals surface area contributed by atoms with Gasteiger partial charge in [0.2, 0.25) is 0 Å². The van der Waals surface area contributed by atoms with Crippen LogP contribution in [0.15, 0.2) is 4.42 Å². The van der Waals surface area contributed by atoms with Gasteiger partial charge >= 0.3 is 0 Å². The fourth-order valence-electron chi connectivity index (χ4n) is 4.48. The normalized spacial score (nSPS) is 27.5. The molecule has 0 spiro atoms. The number of ether oxygens (including phenoxy) is 1. The lowest BCUT2D eigenvalue weighted by molar-refractivity contribution is -0.0257. The maximum absolute atomic E-state index is 13.1. The van der Waals surface area contributed by atoms with Crippen molar-refractivity contribution >= 4 is 5.91 Å². The van der Waals surface area contributed by atoms with Crippen molar-refractivity contribution in [3.8, 4) is 0 Å². The lowest BCUT2D eigenvalue weighted by Gasteiger charge is -2.33. The topological polar surface area (TPSA) is 66.2 Å². The van der Waals surface area contributed by atoms with Crippen LogP contribution in [0.3, 0.4) is 0 Å². The van der Waals surface area contributed by atoms with E-state index in [0.29, 0.717) is 26.1 Å². The van der Waals surface area contributed by atoms with Gasteiger partial charge in [0.15, 0.2) is 0 Å². The van der Waals surface area contributed by atoms with Gasteiger partial charge in [-0.15, -0.1) is 0 Å². The molecule has 0 saturated carbocycles. The molecule has 0 bridgehead atoms. The highest BCUT2D eigenvalue weighted by Gasteiger charge is 2.41. The summed E-state index contributed by atoms with van der Waals surface area (Å²) in [5, 5.41) is 11.0. The molecule has 25 heavy (non-hydrogen) atoms. The fourth-order valence-corrected chi connectivity index (χ4v) is 4.48. The van der Waals surface area contributed by atoms with Gasteiger partial charge < -0.3 is 19.2 Å². The summed E-state index contributed by atoms with van der Waals surface area (Å²) < 4.78 is 11.2. The first-order valence-corrected chi connectivity index (χ1v) is 9.49. The number of aliphatic hydroxyl groups is 1. The first kappa shape index (κ1) is 17.1. The second kappa shape index (κ2) is 6.74. The number of morpholine rings is 1. The summed E-state index contributed by atoms with van der Waals surface area (Å²) >= 11 is 0. The van der Waals surface area contributed by atoms with Crippen molar-refractivity contribution in [1.82, 2.24) is 9.80 Å². The molecule has 2 aliphatic heterocycles. The number of carbonyl (C=O) groups excluding carboxylic acids is 1. The molecule has 1 atom stereocenters. The Morgan fingerprint density at radius 2 is 1.96 bits per heavy atom. The molecule has 0 aromatic carbocycles. The third-order valence-corrected chi connectivity index (χ3v) is 5.80. The molecule has 2 fully saturated rings. The van der Waals surface area contributed by atoms with Crippen molar-refractivity contribution in [2.75, 3.05) is 45.9 Å². The van der Waals surface area contributed by atoms with Crippen LogP contribution in [0.5, 0.6) is 0 Å². The number of rotatable bonds is 3. The van der Waals surface area contributed by atoms with Gasteiger partial charge in [0.05, 0.1) is 30.9 Å². The molecule has 1 aromatic rings. The van der Waals surface area contributed by atoms with Crippen LogP contribution >= 0.6 is 0 Å². The predicted molar refractivity (Wildman–Crippen MR) is 92.8 cm³/mol. The molecule has 1 aliphatic carbocycles. The predicted octanol–water partition coefficient (Wildman–Crippen LogP) is 1.38. The third-order valence-electron chi connectivity index (χ3n) is 5.80. The van der Waals surface area contributed by atoms with E-state index in [4.69, 9.17) is 9.15 Å². The van der Waals surface area contributed by atoms with E-state index < -0.39 is 5.60 Å². The van der Waals surface area contributed by atoms with Crippen LogP contribution in [-0.4, -0.2) is 72.4 Å². The molecule has 3 heterocycles. The van der Waals surface area contributed by atoms with E-state index in [1.807, 2.05) is 11.8 Å². The van der Waals surface area contributed by atoms with E-state index in [0.717, 1.165) is 74.6 Å². The van der Waals surface area contributed by atoms with E-state index in [-0.39, 0.29) is 5.91 Å². The van der Waals surface area contributed by atoms with Gasteiger partial charge in [-0.2, -0.15) is 0 Å². The summed E-state index contributed by atoms with van der Waals surface area (Å²) in [7, 11) is 0. The van der Waals surface area contributed by atoms with Crippen molar-refractivity contribution in [1.29, 1.82) is 0 Å². The lowest BCUT2D eigenvalue weighted by Crippen LogP contribution is -2.49. The SMILES string of the molecule is Cc1oc2c(c1C(=O)N1CCC(O)(CN3CCOCC3)C1)CCCC2. The van der Waals surface area contributed by atoms with Gasteiger partial charge in [-0.1, -0.05) is 0 Å². The minimum atomic E-state index is -0.815. The maximum atomic E-state index is 13.1. The molecule has 138 valence electrons. The Morgan fingerprint density at radius 3 is 2.76 bits per heavy atom. The van der Waals surface area contributed by atoms with Crippen LogP contribution in [0.2, 0.25) is 0 Å². The van der Waals surface area contributed by atoms with Gasteiger partial charge in [-0.3, -0.25) is 9.69 Å². The van der Waals surface area contributed by atoms with E-state index >= 15 is 0 Å². The van der Waals surface area contributed by atoms with Crippen LogP contribution in [-0.2, 0) is 17.6 Å². The first-order chi connectivity index (χ1) is 12.1. The quantitative estimate of drug-likeness (QED) is 0.894. The lowest BCUT2D eigenvalue weighted by atomic mass is 9.94. The Morgan fingerprint density at radius 1 is 1.20 bits per heavy atom. The van der Waals surface area contributed by atoms with Crippen molar-refractivity contribution in [3.63, 3.8) is 0 Å². The number of fused-ring (bicyclic) bond motifs is 1. The molecule has 1 unspecified atom stereocenters. The minimum Gasteiger partial charge on any atom is -0.465 e. The van der Waals surface area contributed by atoms with Gasteiger partial charge in [0.25, 0.3) is 5.91 Å². The highest BCUT2D eigenvalue weighted by molar-refractivity contribution is 5.97. The molecular weight excluding hydrogens is 320 g/mol. The van der Waals surface area contributed by atoms with Gasteiger partial charge in [0, 0.05) is 38.2 Å². The molecule has 3 aliphatic rings. The Hall–Kier alpha value is -1.37. The Bertz CT molecular complexity index is 650. The highest BCUT2D eigenvalue weighted by atomic mass is 16.5. The molecule has 6 heteroatoms. The standard InChI is InChI=1S/C19H28N2O4/c1-14-17(15-4-2-3-5-16(15)25-14)18(22)21-7-6-19(23,13-21)12-20-8-10-24-11-9-20/h23H,2-13H2,1H3. The Kier molecular flexibility index (Phi) is 4.60. The summed E-state index contributed by atoms with van der Waals surface area (Å²) in [6.07, 6.45) is 4.75. The van der Waals surface area contributed by atoms with Crippen LogP contribution < -0.4 is 0 Å². The van der Waals surface area contributed by atoms with Crippen LogP contribution in [0.25, 0.3) is 0 Å². The number of hydrogen-bond acceptors (Lipinski definition) is 5. The van der Waals surface area contributed by atoms with Crippen LogP contribution in [0.4, 0.5) is 0 Å². The average Bonchev–Trinajstić information content (AvgIpc) is 3.15. The Balaban J connectivity index is 1.46. The van der Waals surface area contributed by atoms with Crippen molar-refractivity contribution in [3.05, 3.63) is 22.6 Å². The monoisotopic (exact) mass is 348 g/mol. The Labute approximate surface area is 148 Å². The highest BCUT2D eigenvalue weighted by Crippen LogP contribution is 2.32. The van der Waals surface area contributed by atoms with Crippen molar-refractivity contribution < 1.29 is 19.1 Å². The van der Waals surface area contributed by atoms with Gasteiger partial charge in [-0.05, 0) is 32.6 Å². The number of hydrogen-bond donors (Lipinski definition) is 1. The number of amides is 1. The van der Waals surface area contributed by atoms with Crippen molar-refractivity contribution in [2.45, 2.75) is 44.6 Å². The molecule has 4 rings (SSSR count). The molecular formula is C19H28N2O4. The molecule has 1 aromatic heterocycles. The summed E-state index contributed by atoms with van der Waals surface area (Å²) in [6, 6.07) is 0. The van der Waals surface area contributed by atoms with E-state index in [9.17, 15) is 9.90 Å². The maximum Gasteiger partial charge on any atom is 0.257 e. The van der Waals surface area contributed by atoms with Crippen LogP contribution in [0.1, 0.15) is 46.7 Å². The number of furan rings is 1. The summed E-state index contributed by atoms with van der Waals surface area (Å²) in [5.74, 6) is 1.76. The summed E-state index contributed by atoms with van der Waals surface area (Å²) in [4.78, 5) is 17.2. The zero-order chi connectivity index (χ0) is 17.4. The molecule has 1 N–H and O–H groups in total. The van der Waals surface area contributed by atoms with Crippen molar-refractivity contribution in [2.24, 2.45) is 0 Å².